The summed E-state index contributed by atoms with van der Waals surface area (Å²) in [6, 6.07) is 7.53. The van der Waals surface area contributed by atoms with Gasteiger partial charge in [-0.05, 0) is 38.0 Å². The summed E-state index contributed by atoms with van der Waals surface area (Å²) in [5.41, 5.74) is 2.12. The van der Waals surface area contributed by atoms with Gasteiger partial charge in [-0.3, -0.25) is 0 Å². The molecule has 34 heavy (non-hydrogen) atoms. The largest absolute Gasteiger partial charge is 0.377 e. The van der Waals surface area contributed by atoms with Gasteiger partial charge < -0.3 is 19.5 Å². The molecule has 2 atom stereocenters. The second kappa shape index (κ2) is 9.20. The normalized spacial score (nSPS) is 22.0. The van der Waals surface area contributed by atoms with Gasteiger partial charge in [0.15, 0.2) is 5.82 Å². The van der Waals surface area contributed by atoms with Crippen LogP contribution in [0, 0.1) is 18.3 Å². The van der Waals surface area contributed by atoms with Crippen LogP contribution in [0.15, 0.2) is 29.0 Å². The van der Waals surface area contributed by atoms with Gasteiger partial charge in [-0.25, -0.2) is 9.97 Å². The smallest absolute Gasteiger partial charge is 0.229 e. The molecule has 2 unspecified atom stereocenters. The van der Waals surface area contributed by atoms with Gasteiger partial charge in [-0.15, -0.1) is 0 Å². The summed E-state index contributed by atoms with van der Waals surface area (Å²) in [4.78, 5) is 16.1. The molecular weight excluding hydrogens is 454 g/mol. The number of fused-ring (bicyclic) bond motifs is 2. The summed E-state index contributed by atoms with van der Waals surface area (Å²) >= 11 is 6.37. The first kappa shape index (κ1) is 22.6. The van der Waals surface area contributed by atoms with Gasteiger partial charge in [-0.1, -0.05) is 30.6 Å². The van der Waals surface area contributed by atoms with Gasteiger partial charge in [-0.2, -0.15) is 10.2 Å². The second-order valence-corrected chi connectivity index (χ2v) is 9.58. The Morgan fingerprint density at radius 1 is 1.21 bits per heavy atom. The molecule has 3 aromatic rings. The Kier molecular flexibility index (Phi) is 6.11. The Morgan fingerprint density at radius 2 is 1.97 bits per heavy atom. The van der Waals surface area contributed by atoms with Crippen LogP contribution in [-0.2, 0) is 4.74 Å². The van der Waals surface area contributed by atoms with E-state index < -0.39 is 0 Å². The molecular formula is C24H26ClN7O2. The van der Waals surface area contributed by atoms with E-state index >= 15 is 0 Å². The first-order valence-corrected chi connectivity index (χ1v) is 11.8. The maximum atomic E-state index is 9.08. The van der Waals surface area contributed by atoms with E-state index in [-0.39, 0.29) is 23.9 Å². The minimum Gasteiger partial charge on any atom is -0.377 e. The molecule has 0 radical (unpaired) electrons. The number of benzene rings is 1. The minimum atomic E-state index is 0.145. The quantitative estimate of drug-likeness (QED) is 0.555. The lowest BCUT2D eigenvalue weighted by atomic mass is 9.84. The number of nitrogens with zero attached hydrogens (tertiary/aromatic N) is 6. The van der Waals surface area contributed by atoms with Gasteiger partial charge in [0, 0.05) is 17.4 Å². The Balaban J connectivity index is 1.40. The van der Waals surface area contributed by atoms with Crippen molar-refractivity contribution in [2.24, 2.45) is 0 Å². The maximum absolute atomic E-state index is 9.08. The molecule has 2 saturated heterocycles. The first-order valence-electron chi connectivity index (χ1n) is 11.4. The highest BCUT2D eigenvalue weighted by atomic mass is 35.5. The van der Waals surface area contributed by atoms with E-state index in [1.807, 2.05) is 6.92 Å². The molecule has 0 aliphatic carbocycles. The van der Waals surface area contributed by atoms with Crippen molar-refractivity contribution in [1.82, 2.24) is 20.1 Å². The van der Waals surface area contributed by atoms with Crippen molar-refractivity contribution in [2.75, 3.05) is 23.4 Å². The van der Waals surface area contributed by atoms with Crippen LogP contribution < -0.4 is 10.2 Å². The number of ether oxygens (including phenoxy) is 1. The Hall–Kier alpha value is -3.22. The molecule has 2 fully saturated rings. The summed E-state index contributed by atoms with van der Waals surface area (Å²) < 4.78 is 11.5. The summed E-state index contributed by atoms with van der Waals surface area (Å²) in [5, 5.41) is 17.0. The van der Waals surface area contributed by atoms with Crippen LogP contribution in [0.25, 0.3) is 0 Å². The third-order valence-corrected chi connectivity index (χ3v) is 6.81. The molecule has 2 aliphatic heterocycles. The number of nitrogens with one attached hydrogen (secondary N) is 1. The fraction of sp³-hybridized carbons (Fsp3) is 0.458. The topological polar surface area (TPSA) is 113 Å². The Morgan fingerprint density at radius 3 is 2.62 bits per heavy atom. The highest BCUT2D eigenvalue weighted by Crippen LogP contribution is 2.41. The number of nitriles is 1. The van der Waals surface area contributed by atoms with Crippen LogP contribution in [-0.4, -0.2) is 45.4 Å². The minimum absolute atomic E-state index is 0.145. The van der Waals surface area contributed by atoms with E-state index in [0.717, 1.165) is 35.9 Å². The first-order chi connectivity index (χ1) is 16.4. The summed E-state index contributed by atoms with van der Waals surface area (Å²) in [5.74, 6) is 3.47. The zero-order valence-electron chi connectivity index (χ0n) is 19.3. The summed E-state index contributed by atoms with van der Waals surface area (Å²) in [6.07, 6.45) is 3.27. The van der Waals surface area contributed by atoms with E-state index in [1.165, 1.54) is 0 Å². The Labute approximate surface area is 203 Å². The lowest BCUT2D eigenvalue weighted by Crippen LogP contribution is -2.57. The molecule has 10 heteroatoms. The number of halogens is 1. The number of hydrogen-bond acceptors (Lipinski definition) is 9. The highest BCUT2D eigenvalue weighted by Gasteiger charge is 2.42. The molecule has 176 valence electrons. The van der Waals surface area contributed by atoms with E-state index in [9.17, 15) is 0 Å². The lowest BCUT2D eigenvalue weighted by Gasteiger charge is -2.48. The molecule has 4 heterocycles. The molecule has 2 aromatic heterocycles. The molecule has 1 aromatic carbocycles. The van der Waals surface area contributed by atoms with Crippen molar-refractivity contribution >= 4 is 28.9 Å². The fourth-order valence-electron chi connectivity index (χ4n) is 4.75. The van der Waals surface area contributed by atoms with Crippen molar-refractivity contribution in [3.05, 3.63) is 52.4 Å². The maximum Gasteiger partial charge on any atom is 0.229 e. The van der Waals surface area contributed by atoms with Crippen LogP contribution in [0.2, 0.25) is 5.02 Å². The number of morpholine rings is 1. The molecule has 0 saturated carbocycles. The van der Waals surface area contributed by atoms with E-state index in [4.69, 9.17) is 26.1 Å². The van der Waals surface area contributed by atoms with Crippen LogP contribution >= 0.6 is 11.6 Å². The van der Waals surface area contributed by atoms with Crippen molar-refractivity contribution < 1.29 is 9.26 Å². The van der Waals surface area contributed by atoms with Gasteiger partial charge in [0.2, 0.25) is 5.89 Å². The van der Waals surface area contributed by atoms with Crippen LogP contribution in [0.4, 0.5) is 17.3 Å². The van der Waals surface area contributed by atoms with Gasteiger partial charge in [0.25, 0.3) is 0 Å². The summed E-state index contributed by atoms with van der Waals surface area (Å²) in [7, 11) is 0. The molecule has 0 spiro atoms. The SMILES string of the molecule is Cc1c(Nc2ccc(C#N)cc2Cl)ncnc1N1C2COCC1CC(c1nc(C(C)C)no1)C2. The van der Waals surface area contributed by atoms with Crippen molar-refractivity contribution in [1.29, 1.82) is 5.26 Å². The van der Waals surface area contributed by atoms with Gasteiger partial charge in [0.05, 0.1) is 47.6 Å². The molecule has 0 amide bonds. The lowest BCUT2D eigenvalue weighted by molar-refractivity contribution is 0.0369. The predicted octanol–water partition coefficient (Wildman–Crippen LogP) is 4.71. The van der Waals surface area contributed by atoms with E-state index in [2.05, 4.69) is 50.2 Å². The fourth-order valence-corrected chi connectivity index (χ4v) is 4.98. The third-order valence-electron chi connectivity index (χ3n) is 6.50. The van der Waals surface area contributed by atoms with E-state index in [0.29, 0.717) is 35.3 Å². The molecule has 5 rings (SSSR count). The molecule has 2 bridgehead atoms. The Bertz CT molecular complexity index is 1220. The standard InChI is InChI=1S/C24H26ClN7O2/c1-13(2)21-30-24(34-31-21)16-7-17-10-33-11-18(8-16)32(17)23-14(3)22(27-12-28-23)29-20-5-4-15(9-26)6-19(20)25/h4-6,12-13,16-18H,7-8,10-11H2,1-3H3,(H,27,28,29). The number of aromatic nitrogens is 4. The van der Waals surface area contributed by atoms with Crippen molar-refractivity contribution in [3.63, 3.8) is 0 Å². The number of anilines is 3. The molecule has 1 N–H and O–H groups in total. The third kappa shape index (κ3) is 4.19. The monoisotopic (exact) mass is 479 g/mol. The average molecular weight is 480 g/mol. The molecule has 2 aliphatic rings. The van der Waals surface area contributed by atoms with E-state index in [1.54, 1.807) is 24.5 Å². The van der Waals surface area contributed by atoms with Crippen LogP contribution in [0.5, 0.6) is 0 Å². The number of rotatable bonds is 5. The van der Waals surface area contributed by atoms with Crippen molar-refractivity contribution in [3.8, 4) is 6.07 Å². The zero-order chi connectivity index (χ0) is 23.8. The van der Waals surface area contributed by atoms with Gasteiger partial charge >= 0.3 is 0 Å². The van der Waals surface area contributed by atoms with Crippen LogP contribution in [0.3, 0.4) is 0 Å². The molecule has 9 nitrogen and oxygen atoms in total. The summed E-state index contributed by atoms with van der Waals surface area (Å²) in [6.45, 7) is 7.37. The number of piperidine rings is 1. The van der Waals surface area contributed by atoms with Crippen LogP contribution in [0.1, 0.15) is 61.4 Å². The predicted molar refractivity (Wildman–Crippen MR) is 127 cm³/mol. The highest BCUT2D eigenvalue weighted by molar-refractivity contribution is 6.33. The van der Waals surface area contributed by atoms with Gasteiger partial charge in [0.1, 0.15) is 18.0 Å². The second-order valence-electron chi connectivity index (χ2n) is 9.17. The average Bonchev–Trinajstić information content (AvgIpc) is 3.32. The number of hydrogen-bond donors (Lipinski definition) is 1. The zero-order valence-corrected chi connectivity index (χ0v) is 20.1. The van der Waals surface area contributed by atoms with Crippen molar-refractivity contribution in [2.45, 2.75) is 57.5 Å².